The van der Waals surface area contributed by atoms with Crippen LogP contribution in [0.2, 0.25) is 10.0 Å². The van der Waals surface area contributed by atoms with Crippen molar-refractivity contribution in [1.29, 1.82) is 0 Å². The summed E-state index contributed by atoms with van der Waals surface area (Å²) in [5.41, 5.74) is -0.169. The molecule has 7 nitrogen and oxygen atoms in total. The largest absolute Gasteiger partial charge is 0.573 e. The van der Waals surface area contributed by atoms with Crippen LogP contribution in [0.1, 0.15) is 0 Å². The van der Waals surface area contributed by atoms with Crippen LogP contribution in [0.3, 0.4) is 0 Å². The van der Waals surface area contributed by atoms with E-state index in [1.54, 1.807) is 0 Å². The Bertz CT molecular complexity index is 1240. The van der Waals surface area contributed by atoms with Crippen molar-refractivity contribution in [3.8, 4) is 5.75 Å². The molecule has 0 radical (unpaired) electrons. The molecule has 0 spiro atoms. The van der Waals surface area contributed by atoms with E-state index in [1.807, 2.05) is 0 Å². The minimum Gasteiger partial charge on any atom is -0.406 e. The van der Waals surface area contributed by atoms with Gasteiger partial charge in [-0.15, -0.1) is 13.2 Å². The lowest BCUT2D eigenvalue weighted by atomic mass is 10.3. The van der Waals surface area contributed by atoms with Crippen LogP contribution in [0.4, 0.5) is 18.9 Å². The first-order valence-electron chi connectivity index (χ1n) is 6.96. The molecule has 0 aliphatic carbocycles. The fourth-order valence-electron chi connectivity index (χ4n) is 2.23. The van der Waals surface area contributed by atoms with Crippen molar-refractivity contribution < 1.29 is 30.7 Å². The summed E-state index contributed by atoms with van der Waals surface area (Å²) in [5.74, 6) is -1.54. The highest BCUT2D eigenvalue weighted by molar-refractivity contribution is 9.10. The van der Waals surface area contributed by atoms with Crippen LogP contribution in [-0.2, 0) is 10.0 Å². The Balaban J connectivity index is 2.00. The van der Waals surface area contributed by atoms with Crippen LogP contribution in [-0.4, -0.2) is 19.8 Å². The summed E-state index contributed by atoms with van der Waals surface area (Å²) in [6, 6.07) is 4.06. The van der Waals surface area contributed by atoms with Gasteiger partial charge in [0.05, 0.1) is 16.2 Å². The number of hydrogen-bond acceptors (Lipinski definition) is 5. The molecule has 0 aliphatic heterocycles. The van der Waals surface area contributed by atoms with E-state index < -0.39 is 37.8 Å². The number of ether oxygens (including phenoxy) is 1. The van der Waals surface area contributed by atoms with Crippen molar-refractivity contribution in [1.82, 2.24) is 4.98 Å². The molecule has 0 saturated heterocycles. The third kappa shape index (κ3) is 4.24. The number of oxazole rings is 1. The summed E-state index contributed by atoms with van der Waals surface area (Å²) < 4.78 is 72.9. The van der Waals surface area contributed by atoms with Gasteiger partial charge in [0.25, 0.3) is 10.0 Å². The molecule has 0 amide bonds. The Kier molecular flexibility index (Phi) is 5.34. The van der Waals surface area contributed by atoms with Crippen molar-refractivity contribution in [2.45, 2.75) is 11.3 Å². The first kappa shape index (κ1) is 20.8. The van der Waals surface area contributed by atoms with Crippen molar-refractivity contribution >= 4 is 65.9 Å². The number of benzene rings is 2. The highest BCUT2D eigenvalue weighted by atomic mass is 79.9. The topological polar surface area (TPSA) is 101 Å². The maximum absolute atomic E-state index is 12.7. The van der Waals surface area contributed by atoms with Gasteiger partial charge in [-0.2, -0.15) is 0 Å². The van der Waals surface area contributed by atoms with Crippen LogP contribution in [0.15, 0.2) is 42.8 Å². The van der Waals surface area contributed by atoms with Crippen LogP contribution < -0.4 is 15.2 Å². The fourth-order valence-corrected chi connectivity index (χ4v) is 5.36. The van der Waals surface area contributed by atoms with E-state index in [0.717, 1.165) is 18.2 Å². The Morgan fingerprint density at radius 1 is 1.21 bits per heavy atom. The third-order valence-corrected chi connectivity index (χ3v) is 6.36. The number of sulfonamides is 1. The van der Waals surface area contributed by atoms with Crippen molar-refractivity contribution in [2.75, 3.05) is 4.72 Å². The SMILES string of the molecule is O=c1[nH]c2cc(Br)c(S(=O)(=O)Nc3ccc(OC(F)(F)F)c(Cl)c3)c(Cl)c2o1. The lowest BCUT2D eigenvalue weighted by Gasteiger charge is -2.14. The lowest BCUT2D eigenvalue weighted by molar-refractivity contribution is -0.274. The zero-order chi connectivity index (χ0) is 20.9. The molecule has 0 fully saturated rings. The number of nitrogens with one attached hydrogen (secondary N) is 2. The van der Waals surface area contributed by atoms with E-state index in [2.05, 4.69) is 30.4 Å². The normalized spacial score (nSPS) is 12.4. The van der Waals surface area contributed by atoms with Gasteiger partial charge >= 0.3 is 12.1 Å². The second-order valence-electron chi connectivity index (χ2n) is 5.19. The Hall–Kier alpha value is -1.89. The zero-order valence-corrected chi connectivity index (χ0v) is 16.9. The first-order valence-corrected chi connectivity index (χ1v) is 9.99. The molecule has 2 aromatic carbocycles. The first-order chi connectivity index (χ1) is 12.9. The predicted octanol–water partition coefficient (Wildman–Crippen LogP) is 4.89. The van der Waals surface area contributed by atoms with E-state index in [4.69, 9.17) is 27.6 Å². The number of anilines is 1. The van der Waals surface area contributed by atoms with Crippen molar-refractivity contribution in [2.24, 2.45) is 0 Å². The van der Waals surface area contributed by atoms with Crippen LogP contribution in [0.5, 0.6) is 5.75 Å². The minimum absolute atomic E-state index is 0.0117. The van der Waals surface area contributed by atoms with Crippen molar-refractivity contribution in [3.05, 3.63) is 49.3 Å². The van der Waals surface area contributed by atoms with Gasteiger partial charge in [0.15, 0.2) is 5.58 Å². The van der Waals surface area contributed by atoms with E-state index >= 15 is 0 Å². The molecule has 0 bridgehead atoms. The van der Waals surface area contributed by atoms with E-state index in [1.165, 1.54) is 6.07 Å². The molecule has 0 saturated carbocycles. The lowest BCUT2D eigenvalue weighted by Crippen LogP contribution is -2.18. The molecule has 0 unspecified atom stereocenters. The average molecular weight is 522 g/mol. The van der Waals surface area contributed by atoms with Gasteiger partial charge in [0.2, 0.25) is 0 Å². The molecule has 14 heteroatoms. The summed E-state index contributed by atoms with van der Waals surface area (Å²) in [5, 5.41) is -0.854. The van der Waals surface area contributed by atoms with E-state index in [-0.39, 0.29) is 26.3 Å². The highest BCUT2D eigenvalue weighted by Crippen LogP contribution is 2.37. The monoisotopic (exact) mass is 520 g/mol. The minimum atomic E-state index is -4.96. The number of fused-ring (bicyclic) bond motifs is 1. The standard InChI is InChI=1S/C14H6BrCl2F3N2O5S/c15-6-4-8-11(26-13(23)21-8)10(17)12(6)28(24,25)22-5-1-2-9(7(16)3-5)27-14(18,19)20/h1-4,22H,(H,21,23). The zero-order valence-electron chi connectivity index (χ0n) is 13.0. The van der Waals surface area contributed by atoms with Gasteiger partial charge in [-0.1, -0.05) is 23.2 Å². The van der Waals surface area contributed by atoms with E-state index in [0.29, 0.717) is 0 Å². The number of H-pyrrole nitrogens is 1. The van der Waals surface area contributed by atoms with Gasteiger partial charge in [-0.05, 0) is 40.2 Å². The van der Waals surface area contributed by atoms with Gasteiger partial charge < -0.3 is 9.15 Å². The third-order valence-electron chi connectivity index (χ3n) is 3.24. The Labute approximate surface area is 172 Å². The van der Waals surface area contributed by atoms with Gasteiger partial charge in [0.1, 0.15) is 15.7 Å². The van der Waals surface area contributed by atoms with Gasteiger partial charge in [0, 0.05) is 4.47 Å². The number of hydrogen-bond donors (Lipinski definition) is 2. The maximum atomic E-state index is 12.7. The number of alkyl halides is 3. The molecule has 1 heterocycles. The number of aromatic nitrogens is 1. The number of halogens is 6. The molecular weight excluding hydrogens is 516 g/mol. The molecule has 2 N–H and O–H groups in total. The average Bonchev–Trinajstić information content (AvgIpc) is 2.89. The second-order valence-corrected chi connectivity index (χ2v) is 8.45. The summed E-state index contributed by atoms with van der Waals surface area (Å²) in [6.07, 6.45) is -4.96. The molecule has 3 aromatic rings. The molecule has 3 rings (SSSR count). The smallest absolute Gasteiger partial charge is 0.406 e. The molecular formula is C14H6BrCl2F3N2O5S. The number of rotatable bonds is 4. The van der Waals surface area contributed by atoms with Gasteiger partial charge in [-0.25, -0.2) is 13.2 Å². The molecule has 0 atom stereocenters. The quantitative estimate of drug-likeness (QED) is 0.509. The molecule has 1 aromatic heterocycles. The Morgan fingerprint density at radius 3 is 2.50 bits per heavy atom. The Morgan fingerprint density at radius 2 is 1.89 bits per heavy atom. The highest BCUT2D eigenvalue weighted by Gasteiger charge is 2.32. The number of aromatic amines is 1. The van der Waals surface area contributed by atoms with E-state index in [9.17, 15) is 26.4 Å². The molecule has 0 aliphatic rings. The molecule has 28 heavy (non-hydrogen) atoms. The summed E-state index contributed by atoms with van der Waals surface area (Å²) in [4.78, 5) is 13.2. The molecule has 150 valence electrons. The summed E-state index contributed by atoms with van der Waals surface area (Å²) >= 11 is 14.8. The summed E-state index contributed by atoms with van der Waals surface area (Å²) in [6.45, 7) is 0. The second kappa shape index (κ2) is 7.17. The van der Waals surface area contributed by atoms with Gasteiger partial charge in [-0.3, -0.25) is 9.71 Å². The van der Waals surface area contributed by atoms with Crippen LogP contribution in [0, 0.1) is 0 Å². The van der Waals surface area contributed by atoms with Crippen LogP contribution >= 0.6 is 39.1 Å². The van der Waals surface area contributed by atoms with Crippen LogP contribution in [0.25, 0.3) is 11.1 Å². The predicted molar refractivity (Wildman–Crippen MR) is 98.5 cm³/mol. The maximum Gasteiger partial charge on any atom is 0.573 e. The summed E-state index contributed by atoms with van der Waals surface area (Å²) in [7, 11) is -4.35. The van der Waals surface area contributed by atoms with Crippen molar-refractivity contribution in [3.63, 3.8) is 0 Å². The fraction of sp³-hybridized carbons (Fsp3) is 0.0714.